The molecule has 0 unspecified atom stereocenters. The second-order valence-corrected chi connectivity index (χ2v) is 10.5. The maximum absolute atomic E-state index is 13.8. The highest BCUT2D eigenvalue weighted by Gasteiger charge is 2.49. The van der Waals surface area contributed by atoms with Crippen molar-refractivity contribution in [1.82, 2.24) is 9.55 Å². The van der Waals surface area contributed by atoms with Gasteiger partial charge < -0.3 is 19.8 Å². The van der Waals surface area contributed by atoms with Gasteiger partial charge in [0.25, 0.3) is 5.56 Å². The second kappa shape index (κ2) is 7.63. The summed E-state index contributed by atoms with van der Waals surface area (Å²) in [5.41, 5.74) is 12.7. The number of carbonyl (C=O) groups is 1. The molecule has 0 bridgehead atoms. The van der Waals surface area contributed by atoms with E-state index in [0.29, 0.717) is 34.8 Å². The highest BCUT2D eigenvalue weighted by Crippen LogP contribution is 2.46. The van der Waals surface area contributed by atoms with Crippen LogP contribution < -0.4 is 11.3 Å². The van der Waals surface area contributed by atoms with Crippen molar-refractivity contribution in [3.63, 3.8) is 0 Å². The molecule has 0 radical (unpaired) electrons. The first-order valence-corrected chi connectivity index (χ1v) is 12.6. The molecule has 2 aliphatic heterocycles. The molecule has 2 N–H and O–H groups in total. The van der Waals surface area contributed by atoms with Gasteiger partial charge in [0.05, 0.1) is 35.1 Å². The van der Waals surface area contributed by atoms with Crippen molar-refractivity contribution in [2.75, 3.05) is 0 Å². The highest BCUT2D eigenvalue weighted by molar-refractivity contribution is 6.32. The van der Waals surface area contributed by atoms with Gasteiger partial charge in [-0.1, -0.05) is 18.5 Å². The lowest BCUT2D eigenvalue weighted by molar-refractivity contribution is -0.187. The van der Waals surface area contributed by atoms with Gasteiger partial charge in [0.1, 0.15) is 6.61 Å². The quantitative estimate of drug-likeness (QED) is 0.424. The Hall–Kier alpha value is -2.74. The van der Waals surface area contributed by atoms with E-state index in [2.05, 4.69) is 0 Å². The summed E-state index contributed by atoms with van der Waals surface area (Å²) in [6.45, 7) is 7.98. The van der Waals surface area contributed by atoms with Crippen LogP contribution in [0.25, 0.3) is 22.3 Å². The van der Waals surface area contributed by atoms with Gasteiger partial charge in [0, 0.05) is 27.6 Å². The fraction of sp³-hybridized carbons (Fsp3) is 0.444. The van der Waals surface area contributed by atoms with Gasteiger partial charge >= 0.3 is 5.97 Å². The maximum atomic E-state index is 13.8. The largest absolute Gasteiger partial charge is 0.458 e. The van der Waals surface area contributed by atoms with Gasteiger partial charge in [0.2, 0.25) is 0 Å². The van der Waals surface area contributed by atoms with Crippen LogP contribution in [0.3, 0.4) is 0 Å². The number of aryl methyl sites for hydroxylation is 1. The number of esters is 1. The summed E-state index contributed by atoms with van der Waals surface area (Å²) >= 11 is 6.58. The monoisotopic (exact) mass is 493 g/mol. The molecule has 8 heteroatoms. The zero-order valence-electron chi connectivity index (χ0n) is 20.3. The Bertz CT molecular complexity index is 1510. The van der Waals surface area contributed by atoms with Gasteiger partial charge in [-0.05, 0) is 68.9 Å². The molecule has 0 spiro atoms. The summed E-state index contributed by atoms with van der Waals surface area (Å²) in [5.74, 6) is -0.459. The molecular formula is C27H28ClN3O4. The van der Waals surface area contributed by atoms with Gasteiger partial charge in [-0.25, -0.2) is 9.78 Å². The molecule has 0 fully saturated rings. The van der Waals surface area contributed by atoms with Crippen molar-refractivity contribution in [2.45, 2.75) is 77.9 Å². The number of nitrogens with zero attached hydrogens (tertiary/aromatic N) is 2. The molecule has 0 saturated carbocycles. The van der Waals surface area contributed by atoms with E-state index in [1.165, 1.54) is 5.56 Å². The molecular weight excluding hydrogens is 466 g/mol. The smallest absolute Gasteiger partial charge is 0.343 e. The van der Waals surface area contributed by atoms with E-state index in [0.717, 1.165) is 46.1 Å². The van der Waals surface area contributed by atoms with E-state index in [4.69, 9.17) is 31.8 Å². The highest BCUT2D eigenvalue weighted by atomic mass is 35.5. The number of ether oxygens (including phenoxy) is 2. The molecule has 1 aromatic carbocycles. The third-order valence-electron chi connectivity index (χ3n) is 7.83. The number of halogens is 1. The van der Waals surface area contributed by atoms with Crippen LogP contribution in [0.2, 0.25) is 5.02 Å². The maximum Gasteiger partial charge on any atom is 0.343 e. The van der Waals surface area contributed by atoms with E-state index in [1.54, 1.807) is 4.57 Å². The molecule has 0 amide bonds. The molecule has 4 heterocycles. The number of hydrogen-bond acceptors (Lipinski definition) is 6. The summed E-state index contributed by atoms with van der Waals surface area (Å²) in [6, 6.07) is 3.66. The Morgan fingerprint density at radius 2 is 2.06 bits per heavy atom. The van der Waals surface area contributed by atoms with Crippen molar-refractivity contribution in [2.24, 2.45) is 5.73 Å². The minimum Gasteiger partial charge on any atom is -0.458 e. The van der Waals surface area contributed by atoms with E-state index >= 15 is 0 Å². The molecule has 6 rings (SSSR count). The van der Waals surface area contributed by atoms with Crippen LogP contribution in [-0.4, -0.2) is 21.6 Å². The van der Waals surface area contributed by atoms with Crippen LogP contribution in [-0.2, 0) is 39.4 Å². The number of benzene rings is 1. The van der Waals surface area contributed by atoms with Crippen LogP contribution in [0.5, 0.6) is 0 Å². The minimum atomic E-state index is -1.33. The molecule has 2 aromatic heterocycles. The van der Waals surface area contributed by atoms with Gasteiger partial charge in [-0.2, -0.15) is 0 Å². The number of aromatic nitrogens is 2. The molecule has 7 nitrogen and oxygen atoms in total. The first kappa shape index (κ1) is 22.7. The lowest BCUT2D eigenvalue weighted by atomic mass is 9.82. The van der Waals surface area contributed by atoms with E-state index in [-0.39, 0.29) is 24.3 Å². The van der Waals surface area contributed by atoms with Gasteiger partial charge in [-0.3, -0.25) is 4.79 Å². The average Bonchev–Trinajstić information content (AvgIpc) is 3.18. The number of carbonyl (C=O) groups excluding carboxylic acids is 1. The van der Waals surface area contributed by atoms with Crippen molar-refractivity contribution >= 4 is 28.5 Å². The number of nitrogens with two attached hydrogens (primary N) is 1. The standard InChI is InChI=1S/C27H28ClN3O4/c1-5-27(35-12(2)3)17-8-21-24-15(10-31(21)25(32)16(17)11-34-26(27)33)22-19(29)7-6-14-13(4)18(28)9-20(30-24)23(14)22/h8-9,12,19H,5-7,10-11,29H2,1-4H3/t19-,27-/m0/s1. The summed E-state index contributed by atoms with van der Waals surface area (Å²) in [6.07, 6.45) is 1.78. The number of cyclic esters (lactones) is 1. The topological polar surface area (TPSA) is 96.4 Å². The number of hydrogen-bond donors (Lipinski definition) is 1. The second-order valence-electron chi connectivity index (χ2n) is 10.1. The molecule has 3 aliphatic rings. The molecule has 1 aliphatic carbocycles. The van der Waals surface area contributed by atoms with Gasteiger partial charge in [-0.15, -0.1) is 0 Å². The fourth-order valence-electron chi connectivity index (χ4n) is 6.18. The number of pyridine rings is 2. The van der Waals surface area contributed by atoms with Crippen LogP contribution in [0.4, 0.5) is 0 Å². The molecule has 2 atom stereocenters. The molecule has 0 saturated heterocycles. The van der Waals surface area contributed by atoms with Crippen molar-refractivity contribution in [3.05, 3.63) is 60.9 Å². The normalized spacial score (nSPS) is 22.3. The first-order valence-electron chi connectivity index (χ1n) is 12.2. The average molecular weight is 494 g/mol. The predicted molar refractivity (Wildman–Crippen MR) is 134 cm³/mol. The fourth-order valence-corrected chi connectivity index (χ4v) is 6.39. The lowest BCUT2D eigenvalue weighted by Gasteiger charge is -2.37. The molecule has 35 heavy (non-hydrogen) atoms. The minimum absolute atomic E-state index is 0.0619. The first-order chi connectivity index (χ1) is 16.7. The van der Waals surface area contributed by atoms with Gasteiger partial charge in [0.15, 0.2) is 5.60 Å². The van der Waals surface area contributed by atoms with Crippen LogP contribution in [0, 0.1) is 6.92 Å². The Balaban J connectivity index is 1.67. The van der Waals surface area contributed by atoms with E-state index in [9.17, 15) is 9.59 Å². The Kier molecular flexibility index (Phi) is 4.95. The summed E-state index contributed by atoms with van der Waals surface area (Å²) in [5, 5.41) is 1.75. The van der Waals surface area contributed by atoms with Crippen LogP contribution in [0.15, 0.2) is 16.9 Å². The Morgan fingerprint density at radius 3 is 2.77 bits per heavy atom. The number of fused-ring (bicyclic) bond motifs is 5. The zero-order valence-corrected chi connectivity index (χ0v) is 21.1. The lowest BCUT2D eigenvalue weighted by Crippen LogP contribution is -2.47. The molecule has 3 aromatic rings. The third-order valence-corrected chi connectivity index (χ3v) is 8.22. The van der Waals surface area contributed by atoms with Crippen LogP contribution in [0.1, 0.15) is 73.0 Å². The number of rotatable bonds is 3. The zero-order chi connectivity index (χ0) is 24.8. The van der Waals surface area contributed by atoms with Crippen molar-refractivity contribution < 1.29 is 14.3 Å². The summed E-state index contributed by atoms with van der Waals surface area (Å²) < 4.78 is 13.4. The Labute approximate surface area is 208 Å². The predicted octanol–water partition coefficient (Wildman–Crippen LogP) is 4.42. The summed E-state index contributed by atoms with van der Waals surface area (Å²) in [4.78, 5) is 31.8. The molecule has 182 valence electrons. The van der Waals surface area contributed by atoms with Crippen LogP contribution >= 0.6 is 11.6 Å². The van der Waals surface area contributed by atoms with Crippen molar-refractivity contribution in [1.29, 1.82) is 0 Å². The third kappa shape index (κ3) is 2.95. The Morgan fingerprint density at radius 1 is 1.29 bits per heavy atom. The SMILES string of the molecule is CC[C@@]1(OC(C)C)C(=O)OCc2c1cc1n(c2=O)Cc2c-1nc1cc(Cl)c(C)c3c1c2[C@@H](N)CC3. The van der Waals surface area contributed by atoms with E-state index < -0.39 is 11.6 Å². The van der Waals surface area contributed by atoms with E-state index in [1.807, 2.05) is 39.8 Å². The summed E-state index contributed by atoms with van der Waals surface area (Å²) in [7, 11) is 0. The van der Waals surface area contributed by atoms with Crippen molar-refractivity contribution in [3.8, 4) is 11.4 Å².